The first-order chi connectivity index (χ1) is 4.75. The predicted molar refractivity (Wildman–Crippen MR) is 42.6 cm³/mol. The quantitative estimate of drug-likeness (QED) is 0.538. The molecule has 0 fully saturated rings. The molecule has 0 amide bonds. The maximum Gasteiger partial charge on any atom is 0.0599 e. The molecule has 4 nitrogen and oxygen atoms in total. The molecule has 11 heavy (non-hydrogen) atoms. The molecule has 0 aromatic heterocycles. The Labute approximate surface area is 67.7 Å². The van der Waals surface area contributed by atoms with E-state index >= 15 is 0 Å². The van der Waals surface area contributed by atoms with Gasteiger partial charge in [-0.3, -0.25) is 0 Å². The number of rotatable bonds is 3. The average Bonchev–Trinajstić information content (AvgIpc) is 1.87. The number of hydroxylamine groups is 3. The predicted octanol–water partition coefficient (Wildman–Crippen LogP) is 0.843. The molecule has 0 saturated carbocycles. The topological polar surface area (TPSA) is 55.7 Å². The van der Waals surface area contributed by atoms with Gasteiger partial charge in [0.2, 0.25) is 0 Å². The highest BCUT2D eigenvalue weighted by Gasteiger charge is 2.39. The van der Waals surface area contributed by atoms with Crippen LogP contribution in [0.1, 0.15) is 27.7 Å². The van der Waals surface area contributed by atoms with Crippen LogP contribution in [0.15, 0.2) is 0 Å². The summed E-state index contributed by atoms with van der Waals surface area (Å²) in [5.41, 5.74) is 1.08. The standard InChI is InChI=1S/C7H18N2O2/c1-6(2,8-10)7(3,4)9(5)11/h8,10-11H,1-5H3. The zero-order valence-corrected chi connectivity index (χ0v) is 7.84. The van der Waals surface area contributed by atoms with Crippen LogP contribution in [0.4, 0.5) is 0 Å². The minimum Gasteiger partial charge on any atom is -0.316 e. The molecule has 0 radical (unpaired) electrons. The van der Waals surface area contributed by atoms with E-state index in [4.69, 9.17) is 5.21 Å². The molecule has 0 saturated heterocycles. The number of nitrogens with zero attached hydrogens (tertiary/aromatic N) is 1. The van der Waals surface area contributed by atoms with Crippen molar-refractivity contribution in [1.82, 2.24) is 10.5 Å². The summed E-state index contributed by atoms with van der Waals surface area (Å²) in [5, 5.41) is 19.1. The highest BCUT2D eigenvalue weighted by Crippen LogP contribution is 2.24. The molecule has 0 bridgehead atoms. The van der Waals surface area contributed by atoms with Gasteiger partial charge < -0.3 is 10.4 Å². The molecule has 0 rings (SSSR count). The van der Waals surface area contributed by atoms with Gasteiger partial charge in [-0.1, -0.05) is 0 Å². The summed E-state index contributed by atoms with van der Waals surface area (Å²) in [6.07, 6.45) is 0. The van der Waals surface area contributed by atoms with E-state index < -0.39 is 11.1 Å². The second-order valence-electron chi connectivity index (χ2n) is 3.82. The first-order valence-electron chi connectivity index (χ1n) is 3.59. The van der Waals surface area contributed by atoms with Crippen LogP contribution in [-0.2, 0) is 0 Å². The lowest BCUT2D eigenvalue weighted by atomic mass is 9.83. The number of likely N-dealkylation sites (N-methyl/N-ethyl adjacent to an activating group) is 1. The van der Waals surface area contributed by atoms with Crippen molar-refractivity contribution in [3.63, 3.8) is 0 Å². The normalized spacial score (nSPS) is 14.2. The summed E-state index contributed by atoms with van der Waals surface area (Å²) >= 11 is 0. The molecule has 0 spiro atoms. The molecule has 4 heteroatoms. The molecular formula is C7H18N2O2. The van der Waals surface area contributed by atoms with E-state index in [0.29, 0.717) is 0 Å². The second-order valence-corrected chi connectivity index (χ2v) is 3.82. The molecule has 0 aromatic carbocycles. The summed E-state index contributed by atoms with van der Waals surface area (Å²) in [7, 11) is 1.55. The fraction of sp³-hybridized carbons (Fsp3) is 1.00. The summed E-state index contributed by atoms with van der Waals surface area (Å²) < 4.78 is 0. The van der Waals surface area contributed by atoms with Crippen molar-refractivity contribution in [3.05, 3.63) is 0 Å². The van der Waals surface area contributed by atoms with Crippen LogP contribution < -0.4 is 5.48 Å². The van der Waals surface area contributed by atoms with Crippen LogP contribution in [-0.4, -0.2) is 33.6 Å². The molecule has 0 aromatic rings. The van der Waals surface area contributed by atoms with Gasteiger partial charge in [0.1, 0.15) is 0 Å². The molecule has 3 N–H and O–H groups in total. The molecule has 0 unspecified atom stereocenters. The van der Waals surface area contributed by atoms with Crippen LogP contribution in [0.2, 0.25) is 0 Å². The van der Waals surface area contributed by atoms with E-state index in [1.165, 1.54) is 0 Å². The van der Waals surface area contributed by atoms with Crippen molar-refractivity contribution < 1.29 is 10.4 Å². The fourth-order valence-electron chi connectivity index (χ4n) is 0.541. The van der Waals surface area contributed by atoms with E-state index in [9.17, 15) is 5.21 Å². The van der Waals surface area contributed by atoms with Crippen LogP contribution >= 0.6 is 0 Å². The monoisotopic (exact) mass is 162 g/mol. The van der Waals surface area contributed by atoms with E-state index in [1.54, 1.807) is 20.9 Å². The van der Waals surface area contributed by atoms with Crippen molar-refractivity contribution >= 4 is 0 Å². The second kappa shape index (κ2) is 3.06. The third-order valence-corrected chi connectivity index (χ3v) is 2.62. The SMILES string of the molecule is CN(O)C(C)(C)C(C)(C)NO. The number of hydrogen-bond donors (Lipinski definition) is 3. The number of nitrogens with one attached hydrogen (secondary N) is 1. The van der Waals surface area contributed by atoms with Crippen LogP contribution in [0.25, 0.3) is 0 Å². The molecule has 0 aliphatic heterocycles. The minimum atomic E-state index is -0.559. The van der Waals surface area contributed by atoms with E-state index in [1.807, 2.05) is 13.8 Å². The van der Waals surface area contributed by atoms with Crippen molar-refractivity contribution in [2.24, 2.45) is 0 Å². The van der Waals surface area contributed by atoms with Gasteiger partial charge >= 0.3 is 0 Å². The summed E-state index contributed by atoms with van der Waals surface area (Å²) in [5.74, 6) is 0. The third-order valence-electron chi connectivity index (χ3n) is 2.62. The highest BCUT2D eigenvalue weighted by molar-refractivity contribution is 4.96. The molecule has 0 atom stereocenters. The Morgan fingerprint density at radius 1 is 1.18 bits per heavy atom. The average molecular weight is 162 g/mol. The molecule has 0 aliphatic carbocycles. The van der Waals surface area contributed by atoms with Gasteiger partial charge in [-0.2, -0.15) is 10.5 Å². The third kappa shape index (κ3) is 1.90. The van der Waals surface area contributed by atoms with Crippen molar-refractivity contribution in [1.29, 1.82) is 0 Å². The van der Waals surface area contributed by atoms with Crippen LogP contribution in [0.3, 0.4) is 0 Å². The lowest BCUT2D eigenvalue weighted by Gasteiger charge is -2.43. The molecule has 0 heterocycles. The Morgan fingerprint density at radius 2 is 1.55 bits per heavy atom. The summed E-state index contributed by atoms with van der Waals surface area (Å²) in [4.78, 5) is 0. The van der Waals surface area contributed by atoms with Gasteiger partial charge in [0, 0.05) is 7.05 Å². The summed E-state index contributed by atoms with van der Waals surface area (Å²) in [6.45, 7) is 7.27. The number of hydrogen-bond acceptors (Lipinski definition) is 4. The molecular weight excluding hydrogens is 144 g/mol. The van der Waals surface area contributed by atoms with Crippen molar-refractivity contribution in [2.45, 2.75) is 38.8 Å². The molecule has 0 aliphatic rings. The fourth-order valence-corrected chi connectivity index (χ4v) is 0.541. The Kier molecular flexibility index (Phi) is 3.02. The summed E-state index contributed by atoms with van der Waals surface area (Å²) in [6, 6.07) is 0. The first-order valence-corrected chi connectivity index (χ1v) is 3.59. The lowest BCUT2D eigenvalue weighted by Crippen LogP contribution is -2.61. The highest BCUT2D eigenvalue weighted by atomic mass is 16.5. The zero-order chi connectivity index (χ0) is 9.28. The van der Waals surface area contributed by atoms with E-state index in [-0.39, 0.29) is 0 Å². The van der Waals surface area contributed by atoms with Crippen molar-refractivity contribution in [2.75, 3.05) is 7.05 Å². The Hall–Kier alpha value is -0.160. The van der Waals surface area contributed by atoms with E-state index in [0.717, 1.165) is 5.06 Å². The zero-order valence-electron chi connectivity index (χ0n) is 7.84. The van der Waals surface area contributed by atoms with Gasteiger partial charge in [-0.25, -0.2) is 0 Å². The van der Waals surface area contributed by atoms with Gasteiger partial charge in [0.25, 0.3) is 0 Å². The van der Waals surface area contributed by atoms with Crippen LogP contribution in [0.5, 0.6) is 0 Å². The smallest absolute Gasteiger partial charge is 0.0599 e. The van der Waals surface area contributed by atoms with Crippen molar-refractivity contribution in [3.8, 4) is 0 Å². The van der Waals surface area contributed by atoms with Gasteiger partial charge in [0.05, 0.1) is 11.1 Å². The van der Waals surface area contributed by atoms with Gasteiger partial charge in [-0.15, -0.1) is 0 Å². The minimum absolute atomic E-state index is 0.526. The van der Waals surface area contributed by atoms with Gasteiger partial charge in [0.15, 0.2) is 0 Å². The van der Waals surface area contributed by atoms with E-state index in [2.05, 4.69) is 5.48 Å². The maximum atomic E-state index is 9.23. The first kappa shape index (κ1) is 10.8. The Bertz CT molecular complexity index is 132. The Morgan fingerprint density at radius 3 is 1.64 bits per heavy atom. The molecule has 68 valence electrons. The largest absolute Gasteiger partial charge is 0.316 e. The lowest BCUT2D eigenvalue weighted by molar-refractivity contribution is -0.179. The van der Waals surface area contributed by atoms with Gasteiger partial charge in [-0.05, 0) is 27.7 Å². The van der Waals surface area contributed by atoms with Crippen LogP contribution in [0, 0.1) is 0 Å². The maximum absolute atomic E-state index is 9.23. The Balaban J connectivity index is 4.53.